The molecule has 0 aromatic carbocycles. The summed E-state index contributed by atoms with van der Waals surface area (Å²) in [5.41, 5.74) is 0. The van der Waals surface area contributed by atoms with Gasteiger partial charge in [-0.05, 0) is 6.54 Å². The summed E-state index contributed by atoms with van der Waals surface area (Å²) in [4.78, 5) is 0. The van der Waals surface area contributed by atoms with Gasteiger partial charge in [0.15, 0.2) is 0 Å². The average molecular weight is 345 g/mol. The zero-order chi connectivity index (χ0) is 17.5. The first-order valence-corrected chi connectivity index (χ1v) is 4.94. The first-order chi connectivity index (χ1) is 8.97. The normalized spacial score (nSPS) is 17.0. The molecule has 0 aliphatic rings. The highest BCUT2D eigenvalue weighted by atomic mass is 19.4. The Morgan fingerprint density at radius 2 is 1.14 bits per heavy atom. The van der Waals surface area contributed by atoms with E-state index in [2.05, 4.69) is 0 Å². The highest BCUT2D eigenvalue weighted by molar-refractivity contribution is 5.06. The molecule has 0 aliphatic carbocycles. The van der Waals surface area contributed by atoms with Crippen molar-refractivity contribution >= 4 is 0 Å². The van der Waals surface area contributed by atoms with E-state index in [-0.39, 0.29) is 0 Å². The van der Waals surface area contributed by atoms with Crippen LogP contribution in [0.4, 0.5) is 52.7 Å². The SMILES string of the molecule is CCNC(F)(F)C(F)(F)C(F)(F)C(F)(F)C(F)C(F)(F)F. The Hall–Kier alpha value is -0.880. The Labute approximate surface area is 109 Å². The maximum atomic E-state index is 12.8. The van der Waals surface area contributed by atoms with E-state index in [0.29, 0.717) is 12.2 Å². The lowest BCUT2D eigenvalue weighted by Gasteiger charge is -2.38. The fourth-order valence-electron chi connectivity index (χ4n) is 1.10. The molecule has 0 aromatic rings. The summed E-state index contributed by atoms with van der Waals surface area (Å²) in [6, 6.07) is -6.00. The van der Waals surface area contributed by atoms with Crippen molar-refractivity contribution < 1.29 is 52.7 Å². The van der Waals surface area contributed by atoms with Gasteiger partial charge in [-0.1, -0.05) is 6.92 Å². The van der Waals surface area contributed by atoms with Crippen LogP contribution < -0.4 is 5.32 Å². The largest absolute Gasteiger partial charge is 0.425 e. The van der Waals surface area contributed by atoms with Crippen LogP contribution in [0.15, 0.2) is 0 Å². The molecule has 0 amide bonds. The molecule has 0 rings (SSSR count). The predicted octanol–water partition coefficient (Wildman–Crippen LogP) is 4.00. The van der Waals surface area contributed by atoms with Crippen LogP contribution in [0.3, 0.4) is 0 Å². The third-order valence-corrected chi connectivity index (χ3v) is 2.21. The van der Waals surface area contributed by atoms with Crippen molar-refractivity contribution in [1.29, 1.82) is 0 Å². The van der Waals surface area contributed by atoms with Gasteiger partial charge in [0.25, 0.3) is 6.17 Å². The van der Waals surface area contributed by atoms with Gasteiger partial charge >= 0.3 is 30.0 Å². The Morgan fingerprint density at radius 1 is 0.762 bits per heavy atom. The van der Waals surface area contributed by atoms with Crippen LogP contribution in [0.2, 0.25) is 0 Å². The van der Waals surface area contributed by atoms with Gasteiger partial charge in [-0.2, -0.15) is 48.3 Å². The van der Waals surface area contributed by atoms with Crippen molar-refractivity contribution in [1.82, 2.24) is 5.32 Å². The van der Waals surface area contributed by atoms with E-state index in [0.717, 1.165) is 0 Å². The molecule has 21 heavy (non-hydrogen) atoms. The molecule has 0 fully saturated rings. The summed E-state index contributed by atoms with van der Waals surface area (Å²) in [7, 11) is 0. The quantitative estimate of drug-likeness (QED) is 0.567. The lowest BCUT2D eigenvalue weighted by Crippen LogP contribution is -2.69. The van der Waals surface area contributed by atoms with Crippen LogP contribution in [0.1, 0.15) is 6.92 Å². The van der Waals surface area contributed by atoms with Gasteiger partial charge in [0.2, 0.25) is 0 Å². The van der Waals surface area contributed by atoms with Crippen molar-refractivity contribution in [2.75, 3.05) is 6.54 Å². The number of hydrogen-bond acceptors (Lipinski definition) is 1. The van der Waals surface area contributed by atoms with Crippen LogP contribution in [0, 0.1) is 0 Å². The summed E-state index contributed by atoms with van der Waals surface area (Å²) >= 11 is 0. The van der Waals surface area contributed by atoms with E-state index in [1.165, 1.54) is 0 Å². The molecule has 1 nitrogen and oxygen atoms in total. The topological polar surface area (TPSA) is 12.0 Å². The highest BCUT2D eigenvalue weighted by Gasteiger charge is 2.84. The molecule has 1 N–H and O–H groups in total. The number of alkyl halides is 12. The third-order valence-electron chi connectivity index (χ3n) is 2.21. The maximum Gasteiger partial charge on any atom is 0.425 e. The van der Waals surface area contributed by atoms with Crippen LogP contribution in [-0.2, 0) is 0 Å². The monoisotopic (exact) mass is 345 g/mol. The Balaban J connectivity index is 5.84. The lowest BCUT2D eigenvalue weighted by molar-refractivity contribution is -0.396. The van der Waals surface area contributed by atoms with Crippen molar-refractivity contribution in [3.8, 4) is 0 Å². The summed E-state index contributed by atoms with van der Waals surface area (Å²) < 4.78 is 149. The minimum absolute atomic E-state index is 0.418. The highest BCUT2D eigenvalue weighted by Crippen LogP contribution is 2.55. The van der Waals surface area contributed by atoms with Crippen molar-refractivity contribution in [2.24, 2.45) is 0 Å². The number of halogens is 12. The van der Waals surface area contributed by atoms with Gasteiger partial charge in [0.05, 0.1) is 0 Å². The molecule has 0 radical (unpaired) electrons. The smallest absolute Gasteiger partial charge is 0.253 e. The van der Waals surface area contributed by atoms with Gasteiger partial charge in [-0.3, -0.25) is 5.32 Å². The van der Waals surface area contributed by atoms with Crippen LogP contribution in [0.25, 0.3) is 0 Å². The first kappa shape index (κ1) is 20.1. The van der Waals surface area contributed by atoms with Crippen molar-refractivity contribution in [3.63, 3.8) is 0 Å². The van der Waals surface area contributed by atoms with Gasteiger partial charge in [0, 0.05) is 0 Å². The molecule has 0 aromatic heterocycles. The van der Waals surface area contributed by atoms with Gasteiger partial charge < -0.3 is 0 Å². The van der Waals surface area contributed by atoms with Crippen LogP contribution in [0.5, 0.6) is 0 Å². The Kier molecular flexibility index (Phi) is 5.17. The standard InChI is InChI=1S/C8H7F12N/c1-2-21-8(19,20)7(17,18)6(15,16)4(10,11)3(9)5(12,13)14/h3,21H,2H2,1H3. The minimum Gasteiger partial charge on any atom is -0.253 e. The molecule has 128 valence electrons. The van der Waals surface area contributed by atoms with Crippen LogP contribution >= 0.6 is 0 Å². The molecule has 0 saturated carbocycles. The van der Waals surface area contributed by atoms with E-state index in [4.69, 9.17) is 0 Å². The summed E-state index contributed by atoms with van der Waals surface area (Å²) in [5, 5.41) is 0.418. The second kappa shape index (κ2) is 5.39. The number of nitrogens with one attached hydrogen (secondary N) is 1. The first-order valence-electron chi connectivity index (χ1n) is 4.94. The molecule has 0 heterocycles. The zero-order valence-corrected chi connectivity index (χ0v) is 9.82. The molecular weight excluding hydrogens is 338 g/mol. The number of rotatable bonds is 6. The molecule has 1 atom stereocenters. The summed E-state index contributed by atoms with van der Waals surface area (Å²) in [6.45, 7) is -0.406. The van der Waals surface area contributed by atoms with Crippen molar-refractivity contribution in [2.45, 2.75) is 43.1 Å². The maximum absolute atomic E-state index is 12.8. The molecular formula is C8H7F12N. The summed E-state index contributed by atoms with van der Waals surface area (Å²) in [6.07, 6.45) is -12.4. The second-order valence-electron chi connectivity index (χ2n) is 3.78. The molecule has 0 spiro atoms. The molecule has 0 saturated heterocycles. The average Bonchev–Trinajstić information content (AvgIpc) is 2.25. The molecule has 1 unspecified atom stereocenters. The van der Waals surface area contributed by atoms with Gasteiger partial charge in [0.1, 0.15) is 0 Å². The molecule has 13 heteroatoms. The number of hydrogen-bond donors (Lipinski definition) is 1. The van der Waals surface area contributed by atoms with E-state index < -0.39 is 42.7 Å². The minimum atomic E-state index is -7.32. The fraction of sp³-hybridized carbons (Fsp3) is 1.00. The van der Waals surface area contributed by atoms with E-state index >= 15 is 0 Å². The van der Waals surface area contributed by atoms with Gasteiger partial charge in [-0.25, -0.2) is 4.39 Å². The predicted molar refractivity (Wildman–Crippen MR) is 44.4 cm³/mol. The lowest BCUT2D eigenvalue weighted by atomic mass is 9.98. The van der Waals surface area contributed by atoms with Gasteiger partial charge in [-0.15, -0.1) is 0 Å². The Morgan fingerprint density at radius 3 is 1.43 bits per heavy atom. The zero-order valence-electron chi connectivity index (χ0n) is 9.82. The second-order valence-corrected chi connectivity index (χ2v) is 3.78. The molecule has 0 bridgehead atoms. The van der Waals surface area contributed by atoms with Crippen molar-refractivity contribution in [3.05, 3.63) is 0 Å². The van der Waals surface area contributed by atoms with E-state index in [9.17, 15) is 52.7 Å². The van der Waals surface area contributed by atoms with E-state index in [1.54, 1.807) is 0 Å². The fourth-order valence-corrected chi connectivity index (χ4v) is 1.10. The third kappa shape index (κ3) is 3.16. The molecule has 0 aliphatic heterocycles. The summed E-state index contributed by atoms with van der Waals surface area (Å²) in [5.74, 6) is -21.4. The van der Waals surface area contributed by atoms with E-state index in [1.807, 2.05) is 0 Å². The Bertz CT molecular complexity index is 359. The van der Waals surface area contributed by atoms with Crippen LogP contribution in [-0.4, -0.2) is 42.7 Å².